The quantitative estimate of drug-likeness (QED) is 0.481. The first-order chi connectivity index (χ1) is 9.90. The van der Waals surface area contributed by atoms with Crippen LogP contribution >= 0.6 is 23.2 Å². The lowest BCUT2D eigenvalue weighted by atomic mass is 10.1. The van der Waals surface area contributed by atoms with Gasteiger partial charge in [-0.2, -0.15) is 0 Å². The lowest BCUT2D eigenvalue weighted by Gasteiger charge is -2.17. The lowest BCUT2D eigenvalue weighted by Crippen LogP contribution is -2.09. The first-order valence-electron chi connectivity index (χ1n) is 6.08. The molecule has 7 heteroatoms. The first-order valence-corrected chi connectivity index (χ1v) is 6.83. The van der Waals surface area contributed by atoms with Gasteiger partial charge in [-0.05, 0) is 30.7 Å². The molecule has 2 N–H and O–H groups in total. The number of rotatable bonds is 4. The van der Waals surface area contributed by atoms with Crippen LogP contribution in [0.5, 0.6) is 5.75 Å². The van der Waals surface area contributed by atoms with Crippen molar-refractivity contribution in [2.45, 2.75) is 13.0 Å². The van der Waals surface area contributed by atoms with E-state index in [-0.39, 0.29) is 17.5 Å². The molecule has 2 rings (SSSR count). The number of phenolic OH excluding ortho intramolecular Hbond substituents is 1. The molecule has 1 unspecified atom stereocenters. The average molecular weight is 327 g/mol. The highest BCUT2D eigenvalue weighted by Crippen LogP contribution is 2.34. The number of nitrogens with one attached hydrogen (secondary N) is 1. The summed E-state index contributed by atoms with van der Waals surface area (Å²) in [5.74, 6) is -0.166. The van der Waals surface area contributed by atoms with E-state index in [4.69, 9.17) is 23.2 Å². The minimum atomic E-state index is -0.561. The molecule has 5 nitrogen and oxygen atoms in total. The van der Waals surface area contributed by atoms with E-state index in [1.807, 2.05) is 6.92 Å². The van der Waals surface area contributed by atoms with Crippen LogP contribution in [0.4, 0.5) is 11.4 Å². The van der Waals surface area contributed by atoms with Crippen molar-refractivity contribution >= 4 is 34.6 Å². The molecule has 0 radical (unpaired) electrons. The molecule has 2 aromatic rings. The maximum atomic E-state index is 11.0. The fraction of sp³-hybridized carbons (Fsp3) is 0.143. The molecule has 0 spiro atoms. The van der Waals surface area contributed by atoms with Crippen LogP contribution in [0, 0.1) is 10.1 Å². The summed E-state index contributed by atoms with van der Waals surface area (Å²) in [6.07, 6.45) is 0. The maximum absolute atomic E-state index is 11.0. The Morgan fingerprint density at radius 2 is 2.00 bits per heavy atom. The Balaban J connectivity index is 2.34. The molecule has 21 heavy (non-hydrogen) atoms. The van der Waals surface area contributed by atoms with E-state index in [1.165, 1.54) is 12.1 Å². The van der Waals surface area contributed by atoms with E-state index in [1.54, 1.807) is 18.2 Å². The van der Waals surface area contributed by atoms with Gasteiger partial charge in [0.2, 0.25) is 0 Å². The standard InChI is InChI=1S/C14H12Cl2N2O3/c1-8(10-3-2-4-11(15)14(10)16)17-12-6-5-9(19)7-13(12)18(20)21/h2-8,17,19H,1H3. The highest BCUT2D eigenvalue weighted by atomic mass is 35.5. The number of phenols is 1. The minimum absolute atomic E-state index is 0.166. The Labute approximate surface area is 131 Å². The monoisotopic (exact) mass is 326 g/mol. The number of hydrogen-bond acceptors (Lipinski definition) is 4. The average Bonchev–Trinajstić information content (AvgIpc) is 2.43. The Morgan fingerprint density at radius 3 is 2.67 bits per heavy atom. The number of aromatic hydroxyl groups is 1. The van der Waals surface area contributed by atoms with Gasteiger partial charge in [-0.3, -0.25) is 10.1 Å². The smallest absolute Gasteiger partial charge is 0.296 e. The van der Waals surface area contributed by atoms with Crippen molar-refractivity contribution in [3.8, 4) is 5.75 Å². The van der Waals surface area contributed by atoms with Crippen molar-refractivity contribution < 1.29 is 10.0 Å². The third kappa shape index (κ3) is 3.37. The number of anilines is 1. The molecule has 0 fully saturated rings. The van der Waals surface area contributed by atoms with Crippen LogP contribution in [-0.4, -0.2) is 10.0 Å². The van der Waals surface area contributed by atoms with E-state index in [0.29, 0.717) is 15.7 Å². The van der Waals surface area contributed by atoms with Crippen molar-refractivity contribution in [3.63, 3.8) is 0 Å². The summed E-state index contributed by atoms with van der Waals surface area (Å²) in [5.41, 5.74) is 0.813. The van der Waals surface area contributed by atoms with E-state index in [2.05, 4.69) is 5.32 Å². The zero-order valence-corrected chi connectivity index (χ0v) is 12.5. The molecule has 2 aromatic carbocycles. The molecule has 0 saturated heterocycles. The van der Waals surface area contributed by atoms with Gasteiger partial charge in [-0.25, -0.2) is 0 Å². The maximum Gasteiger partial charge on any atom is 0.296 e. The molecule has 0 aliphatic carbocycles. The van der Waals surface area contributed by atoms with Gasteiger partial charge in [0, 0.05) is 0 Å². The van der Waals surface area contributed by atoms with Crippen molar-refractivity contribution in [3.05, 3.63) is 62.1 Å². The van der Waals surface area contributed by atoms with Crippen LogP contribution in [0.25, 0.3) is 0 Å². The fourth-order valence-electron chi connectivity index (χ4n) is 1.96. The van der Waals surface area contributed by atoms with Crippen LogP contribution in [-0.2, 0) is 0 Å². The van der Waals surface area contributed by atoms with E-state index < -0.39 is 4.92 Å². The number of hydrogen-bond donors (Lipinski definition) is 2. The van der Waals surface area contributed by atoms with Gasteiger partial charge >= 0.3 is 0 Å². The molecule has 0 heterocycles. The van der Waals surface area contributed by atoms with Gasteiger partial charge < -0.3 is 10.4 Å². The summed E-state index contributed by atoms with van der Waals surface area (Å²) < 4.78 is 0. The molecule has 0 bridgehead atoms. The van der Waals surface area contributed by atoms with E-state index in [0.717, 1.165) is 11.6 Å². The zero-order chi connectivity index (χ0) is 15.6. The van der Waals surface area contributed by atoms with Crippen molar-refractivity contribution in [1.29, 1.82) is 0 Å². The summed E-state index contributed by atoms with van der Waals surface area (Å²) in [6.45, 7) is 1.81. The molecule has 0 aliphatic rings. The van der Waals surface area contributed by atoms with Crippen molar-refractivity contribution in [2.75, 3.05) is 5.32 Å². The van der Waals surface area contributed by atoms with Crippen molar-refractivity contribution in [1.82, 2.24) is 0 Å². The van der Waals surface area contributed by atoms with Gasteiger partial charge in [0.1, 0.15) is 11.4 Å². The van der Waals surface area contributed by atoms with Crippen LogP contribution in [0.3, 0.4) is 0 Å². The Bertz CT molecular complexity index is 692. The van der Waals surface area contributed by atoms with Gasteiger partial charge in [-0.15, -0.1) is 0 Å². The van der Waals surface area contributed by atoms with Crippen LogP contribution in [0.15, 0.2) is 36.4 Å². The van der Waals surface area contributed by atoms with Crippen molar-refractivity contribution in [2.24, 2.45) is 0 Å². The number of nitrogens with zero attached hydrogens (tertiary/aromatic N) is 1. The molecule has 110 valence electrons. The Kier molecular flexibility index (Phi) is 4.55. The van der Waals surface area contributed by atoms with Gasteiger partial charge in [0.15, 0.2) is 0 Å². The van der Waals surface area contributed by atoms with Gasteiger partial charge in [0.05, 0.1) is 27.1 Å². The van der Waals surface area contributed by atoms with Crippen LogP contribution < -0.4 is 5.32 Å². The number of halogens is 2. The number of nitro benzene ring substituents is 1. The second-order valence-corrected chi connectivity index (χ2v) is 5.25. The lowest BCUT2D eigenvalue weighted by molar-refractivity contribution is -0.384. The molecule has 0 aromatic heterocycles. The molecule has 0 aliphatic heterocycles. The Morgan fingerprint density at radius 1 is 1.29 bits per heavy atom. The number of benzene rings is 2. The largest absolute Gasteiger partial charge is 0.508 e. The predicted octanol–water partition coefficient (Wildman–Crippen LogP) is 4.78. The third-order valence-corrected chi connectivity index (χ3v) is 3.83. The molecule has 0 amide bonds. The molecular weight excluding hydrogens is 315 g/mol. The molecule has 1 atom stereocenters. The molecule has 0 saturated carbocycles. The summed E-state index contributed by atoms with van der Waals surface area (Å²) in [7, 11) is 0. The van der Waals surface area contributed by atoms with E-state index in [9.17, 15) is 15.2 Å². The number of nitro groups is 1. The Hall–Kier alpha value is -1.98. The summed E-state index contributed by atoms with van der Waals surface area (Å²) in [6, 6.07) is 8.84. The normalized spacial score (nSPS) is 12.0. The topological polar surface area (TPSA) is 75.4 Å². The summed E-state index contributed by atoms with van der Waals surface area (Å²) in [5, 5.41) is 24.2. The zero-order valence-electron chi connectivity index (χ0n) is 11.0. The highest BCUT2D eigenvalue weighted by molar-refractivity contribution is 6.42. The van der Waals surface area contributed by atoms with Crippen LogP contribution in [0.1, 0.15) is 18.5 Å². The summed E-state index contributed by atoms with van der Waals surface area (Å²) in [4.78, 5) is 10.5. The summed E-state index contributed by atoms with van der Waals surface area (Å²) >= 11 is 12.1. The molecular formula is C14H12Cl2N2O3. The van der Waals surface area contributed by atoms with Gasteiger partial charge in [-0.1, -0.05) is 35.3 Å². The first kappa shape index (κ1) is 15.4. The highest BCUT2D eigenvalue weighted by Gasteiger charge is 2.18. The second-order valence-electron chi connectivity index (χ2n) is 4.47. The fourth-order valence-corrected chi connectivity index (χ4v) is 2.43. The minimum Gasteiger partial charge on any atom is -0.508 e. The van der Waals surface area contributed by atoms with Gasteiger partial charge in [0.25, 0.3) is 5.69 Å². The van der Waals surface area contributed by atoms with Crippen LogP contribution in [0.2, 0.25) is 10.0 Å². The SMILES string of the molecule is CC(Nc1ccc(O)cc1[N+](=O)[O-])c1cccc(Cl)c1Cl. The predicted molar refractivity (Wildman–Crippen MR) is 83.3 cm³/mol. The third-order valence-electron chi connectivity index (χ3n) is 3.00. The second kappa shape index (κ2) is 6.20. The van der Waals surface area contributed by atoms with E-state index >= 15 is 0 Å².